The molecule has 2 aromatic rings. The van der Waals surface area contributed by atoms with Gasteiger partial charge in [-0.3, -0.25) is 9.59 Å². The number of imide groups is 1. The van der Waals surface area contributed by atoms with E-state index >= 15 is 0 Å². The van der Waals surface area contributed by atoms with Crippen LogP contribution in [0.4, 0.5) is 0 Å². The first kappa shape index (κ1) is 12.5. The third-order valence-corrected chi connectivity index (χ3v) is 3.77. The molecule has 1 aromatic carbocycles. The van der Waals surface area contributed by atoms with Gasteiger partial charge < -0.3 is 4.84 Å². The monoisotopic (exact) mass is 288 g/mol. The smallest absolute Gasteiger partial charge is 0.323 e. The first-order chi connectivity index (χ1) is 9.59. The maximum atomic E-state index is 12.0. The van der Waals surface area contributed by atoms with Gasteiger partial charge in [0.2, 0.25) is 0 Å². The number of carbonyl (C=O) groups is 3. The summed E-state index contributed by atoms with van der Waals surface area (Å²) in [6, 6.07) is 6.31. The SMILES string of the molecule is Cc1ncsc1C(=O)ON1C(=O)c2ccccc2C1=O. The van der Waals surface area contributed by atoms with Crippen molar-refractivity contribution in [1.82, 2.24) is 10.0 Å². The molecule has 0 fully saturated rings. The highest BCUT2D eigenvalue weighted by atomic mass is 32.1. The molecule has 20 heavy (non-hydrogen) atoms. The van der Waals surface area contributed by atoms with Gasteiger partial charge in [-0.25, -0.2) is 9.78 Å². The van der Waals surface area contributed by atoms with Gasteiger partial charge in [-0.2, -0.15) is 0 Å². The minimum Gasteiger partial charge on any atom is -0.323 e. The van der Waals surface area contributed by atoms with Crippen LogP contribution in [0.25, 0.3) is 0 Å². The Morgan fingerprint density at radius 1 is 1.20 bits per heavy atom. The maximum absolute atomic E-state index is 12.0. The first-order valence-corrected chi connectivity index (χ1v) is 6.57. The summed E-state index contributed by atoms with van der Waals surface area (Å²) in [4.78, 5) is 45.0. The van der Waals surface area contributed by atoms with E-state index in [1.165, 1.54) is 17.6 Å². The van der Waals surface area contributed by atoms with Gasteiger partial charge in [-0.1, -0.05) is 17.2 Å². The number of fused-ring (bicyclic) bond motifs is 1. The summed E-state index contributed by atoms with van der Waals surface area (Å²) in [5.41, 5.74) is 2.45. The molecule has 1 aliphatic rings. The number of rotatable bonds is 2. The molecule has 0 saturated heterocycles. The maximum Gasteiger partial charge on any atom is 0.375 e. The molecule has 3 rings (SSSR count). The van der Waals surface area contributed by atoms with E-state index in [9.17, 15) is 14.4 Å². The van der Waals surface area contributed by atoms with Gasteiger partial charge >= 0.3 is 5.97 Å². The highest BCUT2D eigenvalue weighted by Gasteiger charge is 2.39. The molecule has 6 nitrogen and oxygen atoms in total. The van der Waals surface area contributed by atoms with E-state index in [1.54, 1.807) is 19.1 Å². The van der Waals surface area contributed by atoms with Crippen LogP contribution in [0.3, 0.4) is 0 Å². The Bertz CT molecular complexity index is 702. The topological polar surface area (TPSA) is 76.6 Å². The minimum atomic E-state index is -0.764. The van der Waals surface area contributed by atoms with Crippen molar-refractivity contribution >= 4 is 29.1 Å². The Hall–Kier alpha value is -2.54. The summed E-state index contributed by atoms with van der Waals surface area (Å²) in [5.74, 6) is -2.04. The normalized spacial score (nSPS) is 13.6. The number of hydrogen-bond acceptors (Lipinski definition) is 6. The molecule has 2 heterocycles. The van der Waals surface area contributed by atoms with E-state index in [0.29, 0.717) is 10.8 Å². The zero-order chi connectivity index (χ0) is 14.3. The van der Waals surface area contributed by atoms with Crippen molar-refractivity contribution in [3.8, 4) is 0 Å². The molecule has 0 atom stereocenters. The molecule has 0 spiro atoms. The predicted octanol–water partition coefficient (Wildman–Crippen LogP) is 1.82. The van der Waals surface area contributed by atoms with Crippen LogP contribution in [0.1, 0.15) is 36.1 Å². The predicted molar refractivity (Wildman–Crippen MR) is 69.2 cm³/mol. The number of nitrogens with zero attached hydrogens (tertiary/aromatic N) is 2. The fourth-order valence-electron chi connectivity index (χ4n) is 1.87. The molecule has 0 aliphatic carbocycles. The van der Waals surface area contributed by atoms with Gasteiger partial charge in [0.05, 0.1) is 22.3 Å². The quantitative estimate of drug-likeness (QED) is 0.788. The van der Waals surface area contributed by atoms with Gasteiger partial charge in [-0.05, 0) is 19.1 Å². The summed E-state index contributed by atoms with van der Waals surface area (Å²) in [5, 5.41) is 0.492. The number of hydrogen-bond donors (Lipinski definition) is 0. The van der Waals surface area contributed by atoms with Crippen LogP contribution in [0.2, 0.25) is 0 Å². The Morgan fingerprint density at radius 2 is 1.80 bits per heavy atom. The lowest BCUT2D eigenvalue weighted by atomic mass is 10.1. The van der Waals surface area contributed by atoms with Crippen molar-refractivity contribution in [2.24, 2.45) is 0 Å². The average Bonchev–Trinajstić information content (AvgIpc) is 2.97. The van der Waals surface area contributed by atoms with Crippen molar-refractivity contribution in [2.75, 3.05) is 0 Å². The molecule has 0 radical (unpaired) electrons. The second-order valence-corrected chi connectivity index (χ2v) is 4.95. The second-order valence-electron chi connectivity index (χ2n) is 4.10. The number of benzene rings is 1. The van der Waals surface area contributed by atoms with Gasteiger partial charge in [0.1, 0.15) is 4.88 Å². The zero-order valence-electron chi connectivity index (χ0n) is 10.3. The van der Waals surface area contributed by atoms with E-state index < -0.39 is 17.8 Å². The average molecular weight is 288 g/mol. The molecule has 0 saturated carbocycles. The van der Waals surface area contributed by atoms with Crippen molar-refractivity contribution in [3.05, 3.63) is 51.5 Å². The summed E-state index contributed by atoms with van der Waals surface area (Å²) < 4.78 is 0. The van der Waals surface area contributed by atoms with Crippen molar-refractivity contribution < 1.29 is 19.2 Å². The van der Waals surface area contributed by atoms with E-state index in [4.69, 9.17) is 4.84 Å². The van der Waals surface area contributed by atoms with Gasteiger partial charge in [0, 0.05) is 0 Å². The Kier molecular flexibility index (Phi) is 2.83. The fraction of sp³-hybridized carbons (Fsp3) is 0.0769. The highest BCUT2D eigenvalue weighted by Crippen LogP contribution is 2.24. The van der Waals surface area contributed by atoms with Crippen LogP contribution in [-0.4, -0.2) is 27.8 Å². The van der Waals surface area contributed by atoms with Crippen molar-refractivity contribution in [3.63, 3.8) is 0 Å². The second kappa shape index (κ2) is 4.53. The van der Waals surface area contributed by atoms with Crippen LogP contribution < -0.4 is 0 Å². The number of aryl methyl sites for hydroxylation is 1. The minimum absolute atomic E-state index is 0.228. The van der Waals surface area contributed by atoms with E-state index in [1.807, 2.05) is 0 Å². The lowest BCUT2D eigenvalue weighted by molar-refractivity contribution is -0.0581. The third-order valence-electron chi connectivity index (χ3n) is 2.86. The molecular weight excluding hydrogens is 280 g/mol. The highest BCUT2D eigenvalue weighted by molar-refractivity contribution is 7.11. The van der Waals surface area contributed by atoms with Crippen molar-refractivity contribution in [2.45, 2.75) is 6.92 Å². The number of hydroxylamine groups is 2. The molecule has 100 valence electrons. The van der Waals surface area contributed by atoms with E-state index in [-0.39, 0.29) is 16.0 Å². The van der Waals surface area contributed by atoms with Crippen LogP contribution in [0.15, 0.2) is 29.8 Å². The summed E-state index contributed by atoms with van der Waals surface area (Å²) in [6.07, 6.45) is 0. The fourth-order valence-corrected chi connectivity index (χ4v) is 2.55. The Balaban J connectivity index is 1.87. The summed E-state index contributed by atoms with van der Waals surface area (Å²) >= 11 is 1.09. The van der Waals surface area contributed by atoms with E-state index in [2.05, 4.69) is 4.98 Å². The van der Waals surface area contributed by atoms with Crippen LogP contribution in [-0.2, 0) is 4.84 Å². The first-order valence-electron chi connectivity index (χ1n) is 5.70. The molecule has 0 N–H and O–H groups in total. The summed E-state index contributed by atoms with van der Waals surface area (Å²) in [7, 11) is 0. The number of carbonyl (C=O) groups excluding carboxylic acids is 3. The van der Waals surface area contributed by atoms with Gasteiger partial charge in [-0.15, -0.1) is 11.3 Å². The number of thiazole rings is 1. The lowest BCUT2D eigenvalue weighted by Gasteiger charge is -2.11. The molecule has 1 aliphatic heterocycles. The standard InChI is InChI=1S/C13H8N2O4S/c1-7-10(20-6-14-7)13(18)19-15-11(16)8-4-2-3-5-9(8)12(15)17/h2-6H,1H3. The molecule has 0 bridgehead atoms. The zero-order valence-corrected chi connectivity index (χ0v) is 11.1. The van der Waals surface area contributed by atoms with Crippen LogP contribution >= 0.6 is 11.3 Å². The van der Waals surface area contributed by atoms with Gasteiger partial charge in [0.15, 0.2) is 0 Å². The van der Waals surface area contributed by atoms with Crippen LogP contribution in [0.5, 0.6) is 0 Å². The Morgan fingerprint density at radius 3 is 2.30 bits per heavy atom. The number of aromatic nitrogens is 1. The van der Waals surface area contributed by atoms with E-state index in [0.717, 1.165) is 11.3 Å². The van der Waals surface area contributed by atoms with Gasteiger partial charge in [0.25, 0.3) is 11.8 Å². The molecule has 2 amide bonds. The Labute approximate surface area is 117 Å². The largest absolute Gasteiger partial charge is 0.375 e. The summed E-state index contributed by atoms with van der Waals surface area (Å²) in [6.45, 7) is 1.65. The third kappa shape index (κ3) is 1.79. The molecule has 1 aromatic heterocycles. The van der Waals surface area contributed by atoms with Crippen LogP contribution in [0, 0.1) is 6.92 Å². The lowest BCUT2D eigenvalue weighted by Crippen LogP contribution is -2.32. The molecule has 7 heteroatoms. The molecular formula is C13H8N2O4S. The number of amides is 2. The van der Waals surface area contributed by atoms with Crippen molar-refractivity contribution in [1.29, 1.82) is 0 Å². The molecule has 0 unspecified atom stereocenters.